The SMILES string of the molecule is O=C(O)CON=C1CC2CCC1C2. The van der Waals surface area contributed by atoms with Gasteiger partial charge in [0, 0.05) is 5.92 Å². The van der Waals surface area contributed by atoms with Gasteiger partial charge >= 0.3 is 5.97 Å². The van der Waals surface area contributed by atoms with Gasteiger partial charge < -0.3 is 9.94 Å². The molecule has 2 saturated carbocycles. The van der Waals surface area contributed by atoms with Crippen molar-refractivity contribution >= 4 is 11.7 Å². The largest absolute Gasteiger partial charge is 0.479 e. The molecular formula is C9H13NO3. The van der Waals surface area contributed by atoms with Crippen molar-refractivity contribution in [3.8, 4) is 0 Å². The zero-order valence-electron chi connectivity index (χ0n) is 7.40. The Kier molecular flexibility index (Phi) is 2.20. The molecule has 0 heterocycles. The minimum atomic E-state index is -0.965. The normalized spacial score (nSPS) is 34.0. The van der Waals surface area contributed by atoms with Crippen LogP contribution in [0.4, 0.5) is 0 Å². The van der Waals surface area contributed by atoms with E-state index < -0.39 is 5.97 Å². The molecule has 72 valence electrons. The van der Waals surface area contributed by atoms with Gasteiger partial charge in [0.25, 0.3) is 0 Å². The molecule has 2 unspecified atom stereocenters. The summed E-state index contributed by atoms with van der Waals surface area (Å²) in [6.07, 6.45) is 4.77. The zero-order chi connectivity index (χ0) is 9.26. The summed E-state index contributed by atoms with van der Waals surface area (Å²) in [6.45, 7) is -0.319. The van der Waals surface area contributed by atoms with Crippen molar-refractivity contribution in [2.45, 2.75) is 25.7 Å². The van der Waals surface area contributed by atoms with Gasteiger partial charge in [-0.05, 0) is 31.6 Å². The summed E-state index contributed by atoms with van der Waals surface area (Å²) < 4.78 is 0. The highest BCUT2D eigenvalue weighted by atomic mass is 16.6. The highest BCUT2D eigenvalue weighted by molar-refractivity contribution is 5.89. The van der Waals surface area contributed by atoms with Gasteiger partial charge in [0.1, 0.15) is 0 Å². The minimum Gasteiger partial charge on any atom is -0.479 e. The standard InChI is InChI=1S/C9H13NO3/c11-9(12)5-13-10-8-4-6-1-2-7(8)3-6/h6-7H,1-5H2,(H,11,12). The maximum absolute atomic E-state index is 10.1. The molecule has 2 rings (SSSR count). The second-order valence-electron chi connectivity index (χ2n) is 3.83. The van der Waals surface area contributed by atoms with Gasteiger partial charge in [-0.25, -0.2) is 4.79 Å². The number of rotatable bonds is 3. The fraction of sp³-hybridized carbons (Fsp3) is 0.778. The third-order valence-electron chi connectivity index (χ3n) is 2.88. The summed E-state index contributed by atoms with van der Waals surface area (Å²) in [5.41, 5.74) is 1.08. The number of hydrogen-bond acceptors (Lipinski definition) is 3. The van der Waals surface area contributed by atoms with Crippen LogP contribution in [0.5, 0.6) is 0 Å². The monoisotopic (exact) mass is 183 g/mol. The molecule has 2 atom stereocenters. The summed E-state index contributed by atoms with van der Waals surface area (Å²) in [6, 6.07) is 0. The van der Waals surface area contributed by atoms with Crippen molar-refractivity contribution in [2.24, 2.45) is 17.0 Å². The lowest BCUT2D eigenvalue weighted by Gasteiger charge is -2.10. The molecule has 0 aromatic carbocycles. The van der Waals surface area contributed by atoms with E-state index in [0.717, 1.165) is 18.1 Å². The molecule has 0 saturated heterocycles. The van der Waals surface area contributed by atoms with Gasteiger partial charge in [0.15, 0.2) is 0 Å². The van der Waals surface area contributed by atoms with E-state index in [1.165, 1.54) is 19.3 Å². The van der Waals surface area contributed by atoms with Crippen LogP contribution in [0.25, 0.3) is 0 Å². The van der Waals surface area contributed by atoms with Crippen LogP contribution in [0.2, 0.25) is 0 Å². The Morgan fingerprint density at radius 2 is 2.46 bits per heavy atom. The Balaban J connectivity index is 1.84. The number of carboxylic acids is 1. The molecule has 4 heteroatoms. The second-order valence-corrected chi connectivity index (χ2v) is 3.83. The minimum absolute atomic E-state index is 0.319. The molecule has 2 aliphatic rings. The fourth-order valence-electron chi connectivity index (χ4n) is 2.31. The number of fused-ring (bicyclic) bond motifs is 2. The Morgan fingerprint density at radius 1 is 1.62 bits per heavy atom. The van der Waals surface area contributed by atoms with Crippen LogP contribution in [0.15, 0.2) is 5.16 Å². The molecule has 0 spiro atoms. The highest BCUT2D eigenvalue weighted by Gasteiger charge is 2.37. The molecule has 0 aliphatic heterocycles. The smallest absolute Gasteiger partial charge is 0.344 e. The molecule has 2 bridgehead atoms. The lowest BCUT2D eigenvalue weighted by Crippen LogP contribution is -2.11. The molecule has 1 N–H and O–H groups in total. The third-order valence-corrected chi connectivity index (χ3v) is 2.88. The number of carboxylic acid groups (broad SMARTS) is 1. The predicted molar refractivity (Wildman–Crippen MR) is 46.5 cm³/mol. The van der Waals surface area contributed by atoms with Crippen LogP contribution in [0, 0.1) is 11.8 Å². The zero-order valence-corrected chi connectivity index (χ0v) is 7.40. The van der Waals surface area contributed by atoms with E-state index in [0.29, 0.717) is 5.92 Å². The number of oxime groups is 1. The van der Waals surface area contributed by atoms with Gasteiger partial charge in [0.05, 0.1) is 5.71 Å². The fourth-order valence-corrected chi connectivity index (χ4v) is 2.31. The molecule has 2 fully saturated rings. The van der Waals surface area contributed by atoms with Crippen LogP contribution in [0.1, 0.15) is 25.7 Å². The van der Waals surface area contributed by atoms with Crippen molar-refractivity contribution in [3.05, 3.63) is 0 Å². The molecule has 0 radical (unpaired) electrons. The lowest BCUT2D eigenvalue weighted by atomic mass is 9.99. The molecule has 0 amide bonds. The van der Waals surface area contributed by atoms with Crippen LogP contribution in [-0.4, -0.2) is 23.4 Å². The predicted octanol–water partition coefficient (Wildman–Crippen LogP) is 1.26. The van der Waals surface area contributed by atoms with E-state index in [9.17, 15) is 4.79 Å². The molecule has 0 aromatic rings. The quantitative estimate of drug-likeness (QED) is 0.670. The van der Waals surface area contributed by atoms with E-state index in [-0.39, 0.29) is 6.61 Å². The maximum Gasteiger partial charge on any atom is 0.344 e. The first-order valence-corrected chi connectivity index (χ1v) is 4.66. The average molecular weight is 183 g/mol. The number of nitrogens with zero attached hydrogens (tertiary/aromatic N) is 1. The number of aliphatic carboxylic acids is 1. The summed E-state index contributed by atoms with van der Waals surface area (Å²) >= 11 is 0. The molecule has 13 heavy (non-hydrogen) atoms. The first-order chi connectivity index (χ1) is 6.25. The Labute approximate surface area is 76.6 Å². The molecular weight excluding hydrogens is 170 g/mol. The van der Waals surface area contributed by atoms with Crippen LogP contribution in [-0.2, 0) is 9.63 Å². The van der Waals surface area contributed by atoms with Gasteiger partial charge in [-0.3, -0.25) is 0 Å². The Bertz CT molecular complexity index is 249. The van der Waals surface area contributed by atoms with Crippen molar-refractivity contribution in [1.82, 2.24) is 0 Å². The number of hydrogen-bond donors (Lipinski definition) is 1. The first-order valence-electron chi connectivity index (χ1n) is 4.66. The van der Waals surface area contributed by atoms with Crippen LogP contribution in [0.3, 0.4) is 0 Å². The maximum atomic E-state index is 10.1. The van der Waals surface area contributed by atoms with Crippen molar-refractivity contribution in [3.63, 3.8) is 0 Å². The van der Waals surface area contributed by atoms with Gasteiger partial charge in [-0.1, -0.05) is 5.16 Å². The van der Waals surface area contributed by atoms with E-state index in [4.69, 9.17) is 9.94 Å². The van der Waals surface area contributed by atoms with Crippen molar-refractivity contribution in [2.75, 3.05) is 6.61 Å². The van der Waals surface area contributed by atoms with Crippen LogP contribution >= 0.6 is 0 Å². The average Bonchev–Trinajstić information content (AvgIpc) is 2.64. The van der Waals surface area contributed by atoms with Crippen molar-refractivity contribution in [1.29, 1.82) is 0 Å². The highest BCUT2D eigenvalue weighted by Crippen LogP contribution is 2.42. The lowest BCUT2D eigenvalue weighted by molar-refractivity contribution is -0.142. The van der Waals surface area contributed by atoms with Crippen molar-refractivity contribution < 1.29 is 14.7 Å². The topological polar surface area (TPSA) is 58.9 Å². The summed E-state index contributed by atoms with van der Waals surface area (Å²) in [5, 5.41) is 12.2. The first kappa shape index (κ1) is 8.53. The van der Waals surface area contributed by atoms with E-state index >= 15 is 0 Å². The summed E-state index contributed by atoms with van der Waals surface area (Å²) in [4.78, 5) is 14.9. The van der Waals surface area contributed by atoms with Gasteiger partial charge in [-0.15, -0.1) is 0 Å². The molecule has 0 aromatic heterocycles. The van der Waals surface area contributed by atoms with E-state index in [1.54, 1.807) is 0 Å². The van der Waals surface area contributed by atoms with Crippen LogP contribution < -0.4 is 0 Å². The number of carbonyl (C=O) groups is 1. The summed E-state index contributed by atoms with van der Waals surface area (Å²) in [5.74, 6) is 0.406. The van der Waals surface area contributed by atoms with E-state index in [1.807, 2.05) is 0 Å². The third kappa shape index (κ3) is 1.82. The molecule has 4 nitrogen and oxygen atoms in total. The Morgan fingerprint density at radius 3 is 3.00 bits per heavy atom. The second kappa shape index (κ2) is 3.36. The summed E-state index contributed by atoms with van der Waals surface area (Å²) in [7, 11) is 0. The Hall–Kier alpha value is -1.06. The van der Waals surface area contributed by atoms with Gasteiger partial charge in [-0.2, -0.15) is 0 Å². The van der Waals surface area contributed by atoms with Gasteiger partial charge in [0.2, 0.25) is 6.61 Å². The van der Waals surface area contributed by atoms with E-state index in [2.05, 4.69) is 5.16 Å². The molecule has 2 aliphatic carbocycles.